The molecular formula is C22H30N2O5. The van der Waals surface area contributed by atoms with E-state index in [1.54, 1.807) is 0 Å². The molecule has 1 saturated carbocycles. The van der Waals surface area contributed by atoms with E-state index >= 15 is 0 Å². The summed E-state index contributed by atoms with van der Waals surface area (Å²) in [5, 5.41) is 22.1. The molecule has 1 amide bonds. The molecule has 1 aromatic rings. The van der Waals surface area contributed by atoms with Crippen LogP contribution in [-0.4, -0.2) is 57.1 Å². The van der Waals surface area contributed by atoms with E-state index in [4.69, 9.17) is 6.85 Å². The Labute approximate surface area is 178 Å². The number of nitrogens with zero attached hydrogens (tertiary/aromatic N) is 1. The van der Waals surface area contributed by atoms with Crippen LogP contribution < -0.4 is 5.32 Å². The normalized spacial score (nSPS) is 28.2. The number of rotatable bonds is 8. The number of amides is 1. The van der Waals surface area contributed by atoms with Gasteiger partial charge in [-0.2, -0.15) is 0 Å². The molecule has 3 rings (SSSR count). The van der Waals surface area contributed by atoms with Crippen LogP contribution in [0.3, 0.4) is 0 Å². The molecule has 158 valence electrons. The highest BCUT2D eigenvalue weighted by Crippen LogP contribution is 2.40. The third-order valence-electron chi connectivity index (χ3n) is 5.98. The summed E-state index contributed by atoms with van der Waals surface area (Å²) in [6, 6.07) is -5.57. The van der Waals surface area contributed by atoms with Crippen molar-refractivity contribution in [3.8, 4) is 0 Å². The second-order valence-corrected chi connectivity index (χ2v) is 7.87. The summed E-state index contributed by atoms with van der Waals surface area (Å²) in [6.07, 6.45) is 3.69. The average Bonchev–Trinajstić information content (AvgIpc) is 3.19. The molecule has 5 atom stereocenters. The Morgan fingerprint density at radius 3 is 2.55 bits per heavy atom. The van der Waals surface area contributed by atoms with Gasteiger partial charge in [0, 0.05) is 6.04 Å². The van der Waals surface area contributed by atoms with E-state index in [0.29, 0.717) is 6.42 Å². The van der Waals surface area contributed by atoms with Crippen molar-refractivity contribution in [3.05, 3.63) is 35.8 Å². The first-order chi connectivity index (χ1) is 16.0. The molecule has 1 heterocycles. The summed E-state index contributed by atoms with van der Waals surface area (Å²) < 4.78 is 39.2. The highest BCUT2D eigenvalue weighted by Gasteiger charge is 2.48. The Balaban J connectivity index is 1.74. The Morgan fingerprint density at radius 2 is 1.90 bits per heavy atom. The topological polar surface area (TPSA) is 107 Å². The van der Waals surface area contributed by atoms with E-state index < -0.39 is 54.1 Å². The Kier molecular flexibility index (Phi) is 5.00. The fourth-order valence-electron chi connectivity index (χ4n) is 4.56. The molecule has 0 spiro atoms. The molecule has 2 fully saturated rings. The van der Waals surface area contributed by atoms with Gasteiger partial charge in [0.15, 0.2) is 0 Å². The van der Waals surface area contributed by atoms with Crippen LogP contribution in [0.1, 0.15) is 57.9 Å². The van der Waals surface area contributed by atoms with Crippen LogP contribution >= 0.6 is 0 Å². The maximum atomic E-state index is 13.3. The van der Waals surface area contributed by atoms with E-state index in [1.807, 2.05) is 0 Å². The smallest absolute Gasteiger partial charge is 0.326 e. The van der Waals surface area contributed by atoms with E-state index in [0.717, 1.165) is 25.7 Å². The molecule has 29 heavy (non-hydrogen) atoms. The lowest BCUT2D eigenvalue weighted by molar-refractivity contribution is -0.151. The van der Waals surface area contributed by atoms with Gasteiger partial charge < -0.3 is 15.1 Å². The van der Waals surface area contributed by atoms with Crippen LogP contribution in [0.25, 0.3) is 0 Å². The molecule has 3 N–H and O–H groups in total. The van der Waals surface area contributed by atoms with E-state index in [9.17, 15) is 24.6 Å². The third kappa shape index (κ3) is 4.96. The van der Waals surface area contributed by atoms with Gasteiger partial charge in [-0.1, -0.05) is 43.1 Å². The molecule has 1 aliphatic heterocycles. The zero-order valence-electron chi connectivity index (χ0n) is 21.4. The number of carbonyl (C=O) groups excluding carboxylic acids is 1. The second-order valence-electron chi connectivity index (χ2n) is 7.87. The van der Waals surface area contributed by atoms with Gasteiger partial charge in [-0.05, 0) is 50.5 Å². The van der Waals surface area contributed by atoms with Crippen molar-refractivity contribution in [2.45, 2.75) is 76.0 Å². The van der Waals surface area contributed by atoms with E-state index in [1.165, 1.54) is 11.8 Å². The van der Waals surface area contributed by atoms with Crippen molar-refractivity contribution in [1.29, 1.82) is 0 Å². The number of carbonyl (C=O) groups is 3. The van der Waals surface area contributed by atoms with Crippen molar-refractivity contribution in [2.75, 3.05) is 0 Å². The van der Waals surface area contributed by atoms with Crippen molar-refractivity contribution in [1.82, 2.24) is 10.2 Å². The third-order valence-corrected chi connectivity index (χ3v) is 5.98. The van der Waals surface area contributed by atoms with Crippen LogP contribution in [0.4, 0.5) is 0 Å². The molecule has 1 aromatic carbocycles. The first kappa shape index (κ1) is 15.4. The van der Waals surface area contributed by atoms with Crippen molar-refractivity contribution in [3.63, 3.8) is 0 Å². The fourth-order valence-corrected chi connectivity index (χ4v) is 4.56. The standard InChI is InChI=1S/C22H30N2O5/c1-14(23-17(21(26)27)12-11-15-7-3-2-4-8-15)20(25)24-18-10-6-5-9-16(18)13-19(24)22(28)29/h2-4,7-8,14,16-19,23H,5-6,9-13H2,1H3,(H,26,27)(H,28,29)/t14-,16+,17-,18-,19-/m1/s1/i2D,3D,4D,7D,8D. The molecule has 7 nitrogen and oxygen atoms in total. The fraction of sp³-hybridized carbons (Fsp3) is 0.591. The van der Waals surface area contributed by atoms with Crippen LogP contribution in [-0.2, 0) is 20.8 Å². The van der Waals surface area contributed by atoms with Gasteiger partial charge in [0.05, 0.1) is 12.9 Å². The number of benzene rings is 1. The zero-order chi connectivity index (χ0) is 25.3. The predicted octanol–water partition coefficient (Wildman–Crippen LogP) is 2.29. The van der Waals surface area contributed by atoms with Gasteiger partial charge in [0.25, 0.3) is 0 Å². The van der Waals surface area contributed by atoms with Gasteiger partial charge in [-0.25, -0.2) is 4.79 Å². The monoisotopic (exact) mass is 407 g/mol. The number of carboxylic acid groups (broad SMARTS) is 2. The molecule has 1 saturated heterocycles. The number of carboxylic acids is 2. The lowest BCUT2D eigenvalue weighted by Crippen LogP contribution is -2.55. The minimum atomic E-state index is -1.25. The van der Waals surface area contributed by atoms with E-state index in [2.05, 4.69) is 5.32 Å². The highest BCUT2D eigenvalue weighted by atomic mass is 16.4. The minimum Gasteiger partial charge on any atom is -0.480 e. The number of hydrogen-bond donors (Lipinski definition) is 3. The zero-order valence-corrected chi connectivity index (χ0v) is 16.4. The number of hydrogen-bond acceptors (Lipinski definition) is 4. The van der Waals surface area contributed by atoms with Crippen molar-refractivity contribution < 1.29 is 31.5 Å². The average molecular weight is 408 g/mol. The summed E-state index contributed by atoms with van der Waals surface area (Å²) in [5.74, 6) is -2.65. The first-order valence-electron chi connectivity index (χ1n) is 12.5. The van der Waals surface area contributed by atoms with Crippen LogP contribution in [0.5, 0.6) is 0 Å². The Hall–Kier alpha value is -2.41. The number of nitrogens with one attached hydrogen (secondary N) is 1. The van der Waals surface area contributed by atoms with Crippen molar-refractivity contribution in [2.24, 2.45) is 5.92 Å². The highest BCUT2D eigenvalue weighted by molar-refractivity contribution is 5.88. The van der Waals surface area contributed by atoms with Gasteiger partial charge in [-0.15, -0.1) is 0 Å². The molecule has 0 aromatic heterocycles. The number of fused-ring (bicyclic) bond motifs is 1. The predicted molar refractivity (Wildman–Crippen MR) is 107 cm³/mol. The van der Waals surface area contributed by atoms with Gasteiger partial charge >= 0.3 is 11.9 Å². The molecular weight excluding hydrogens is 372 g/mol. The Bertz CT molecular complexity index is 962. The summed E-state index contributed by atoms with van der Waals surface area (Å²) in [6.45, 7) is 1.50. The largest absolute Gasteiger partial charge is 0.480 e. The second kappa shape index (κ2) is 9.39. The summed E-state index contributed by atoms with van der Waals surface area (Å²) in [7, 11) is 0. The van der Waals surface area contributed by atoms with Crippen LogP contribution in [0.15, 0.2) is 30.2 Å². The van der Waals surface area contributed by atoms with Gasteiger partial charge in [-0.3, -0.25) is 14.9 Å². The molecule has 1 aliphatic carbocycles. The quantitative estimate of drug-likeness (QED) is 0.610. The van der Waals surface area contributed by atoms with E-state index in [-0.39, 0.29) is 42.4 Å². The van der Waals surface area contributed by atoms with Crippen molar-refractivity contribution >= 4 is 17.8 Å². The maximum absolute atomic E-state index is 13.3. The minimum absolute atomic E-state index is 0.00793. The van der Waals surface area contributed by atoms with Crippen LogP contribution in [0, 0.1) is 5.92 Å². The summed E-state index contributed by atoms with van der Waals surface area (Å²) in [4.78, 5) is 38.4. The lowest BCUT2D eigenvalue weighted by Gasteiger charge is -2.35. The van der Waals surface area contributed by atoms with Gasteiger partial charge in [0.1, 0.15) is 12.1 Å². The molecule has 0 bridgehead atoms. The summed E-state index contributed by atoms with van der Waals surface area (Å²) >= 11 is 0. The van der Waals surface area contributed by atoms with Gasteiger partial charge in [0.2, 0.25) is 5.91 Å². The SMILES string of the molecule is [2H]c1c([2H])c([2H])c(CC[C@@H](N[C@H](C)C(=O)N2[C@@H](C(=O)O)C[C@@H]3CCCC[C@H]32)C(=O)O)c([2H])c1[2H]. The lowest BCUT2D eigenvalue weighted by atomic mass is 9.84. The number of aliphatic carboxylic acids is 2. The van der Waals surface area contributed by atoms with Crippen LogP contribution in [0.2, 0.25) is 0 Å². The Morgan fingerprint density at radius 1 is 1.21 bits per heavy atom. The molecule has 0 radical (unpaired) electrons. The first-order valence-corrected chi connectivity index (χ1v) is 10.0. The molecule has 7 heteroatoms. The summed E-state index contributed by atoms with van der Waals surface area (Å²) in [5.41, 5.74) is 0.00793. The number of likely N-dealkylation sites (tertiary alicyclic amines) is 1. The molecule has 0 unspecified atom stereocenters. The maximum Gasteiger partial charge on any atom is 0.326 e. The molecule has 2 aliphatic rings.